The highest BCUT2D eigenvalue weighted by molar-refractivity contribution is 5.90. The van der Waals surface area contributed by atoms with E-state index >= 15 is 0 Å². The number of nitrogens with zero attached hydrogens (tertiary/aromatic N) is 4. The average molecular weight is 629 g/mol. The molecule has 15 heteroatoms. The smallest absolute Gasteiger partial charge is 0.465 e. The minimum atomic E-state index is -4.93. The van der Waals surface area contributed by atoms with Gasteiger partial charge in [0.2, 0.25) is 5.95 Å². The van der Waals surface area contributed by atoms with E-state index < -0.39 is 41.6 Å². The Morgan fingerprint density at radius 2 is 1.86 bits per heavy atom. The number of methoxy groups -OCH3 is 1. The van der Waals surface area contributed by atoms with Gasteiger partial charge in [0.15, 0.2) is 5.69 Å². The van der Waals surface area contributed by atoms with Crippen LogP contribution in [0.1, 0.15) is 72.8 Å². The van der Waals surface area contributed by atoms with Crippen LogP contribution in [0, 0.1) is 5.92 Å². The van der Waals surface area contributed by atoms with Crippen molar-refractivity contribution in [3.8, 4) is 17.0 Å². The van der Waals surface area contributed by atoms with Crippen LogP contribution < -0.4 is 9.64 Å². The van der Waals surface area contributed by atoms with Gasteiger partial charge in [0, 0.05) is 29.3 Å². The van der Waals surface area contributed by atoms with Gasteiger partial charge in [0.1, 0.15) is 22.8 Å². The zero-order valence-electron chi connectivity index (χ0n) is 24.0. The summed E-state index contributed by atoms with van der Waals surface area (Å²) in [6, 6.07) is 4.94. The summed E-state index contributed by atoms with van der Waals surface area (Å²) in [6.07, 6.45) is -6.25. The van der Waals surface area contributed by atoms with Gasteiger partial charge in [-0.1, -0.05) is 31.1 Å². The highest BCUT2D eigenvalue weighted by atomic mass is 19.4. The first-order chi connectivity index (χ1) is 20.8. The zero-order valence-corrected chi connectivity index (χ0v) is 24.0. The molecule has 0 spiro atoms. The van der Waals surface area contributed by atoms with E-state index in [0.29, 0.717) is 24.2 Å². The van der Waals surface area contributed by atoms with Crippen LogP contribution in [0.15, 0.2) is 35.0 Å². The largest absolute Gasteiger partial charge is 0.573 e. The van der Waals surface area contributed by atoms with Crippen molar-refractivity contribution in [3.05, 3.63) is 53.0 Å². The third kappa shape index (κ3) is 6.61. The number of halogens is 6. The maximum absolute atomic E-state index is 13.9. The molecule has 1 aliphatic carbocycles. The molecule has 0 N–H and O–H groups in total. The summed E-state index contributed by atoms with van der Waals surface area (Å²) in [7, 11) is 0.969. The number of carbonyl (C=O) groups excluding carboxylic acids is 1. The molecule has 3 unspecified atom stereocenters. The molecule has 2 fully saturated rings. The van der Waals surface area contributed by atoms with Crippen molar-refractivity contribution >= 4 is 11.9 Å². The fourth-order valence-corrected chi connectivity index (χ4v) is 5.79. The minimum Gasteiger partial charge on any atom is -0.465 e. The van der Waals surface area contributed by atoms with Crippen molar-refractivity contribution < 1.29 is 49.9 Å². The van der Waals surface area contributed by atoms with E-state index in [1.165, 1.54) is 18.2 Å². The number of para-hydroxylation sites is 1. The third-order valence-electron chi connectivity index (χ3n) is 7.84. The first-order valence-electron chi connectivity index (χ1n) is 14.0. The molecule has 3 heterocycles. The summed E-state index contributed by atoms with van der Waals surface area (Å²) >= 11 is 0. The Balaban J connectivity index is 1.41. The molecule has 2 aliphatic rings. The second-order valence-electron chi connectivity index (χ2n) is 10.9. The fourth-order valence-electron chi connectivity index (χ4n) is 5.79. The van der Waals surface area contributed by atoms with Crippen LogP contribution in [0.3, 0.4) is 0 Å². The third-order valence-corrected chi connectivity index (χ3v) is 7.84. The van der Waals surface area contributed by atoms with Crippen molar-refractivity contribution in [2.45, 2.75) is 76.7 Å². The molecular formula is C29H30F6N4O5. The van der Waals surface area contributed by atoms with Gasteiger partial charge in [-0.15, -0.1) is 13.2 Å². The second-order valence-corrected chi connectivity index (χ2v) is 10.9. The van der Waals surface area contributed by atoms with E-state index in [2.05, 4.69) is 24.6 Å². The van der Waals surface area contributed by atoms with Crippen LogP contribution in [0.2, 0.25) is 0 Å². The molecular weight excluding hydrogens is 598 g/mol. The van der Waals surface area contributed by atoms with Gasteiger partial charge in [0.05, 0.1) is 26.4 Å². The molecule has 3 aromatic rings. The van der Waals surface area contributed by atoms with Crippen LogP contribution in [0.5, 0.6) is 5.75 Å². The van der Waals surface area contributed by atoms with Crippen LogP contribution >= 0.6 is 0 Å². The first-order valence-corrected chi connectivity index (χ1v) is 14.0. The van der Waals surface area contributed by atoms with Gasteiger partial charge < -0.3 is 23.6 Å². The van der Waals surface area contributed by atoms with Crippen LogP contribution in [-0.2, 0) is 22.3 Å². The first kappa shape index (κ1) is 31.5. The maximum Gasteiger partial charge on any atom is 0.573 e. The van der Waals surface area contributed by atoms with E-state index in [9.17, 15) is 31.1 Å². The Bertz CT molecular complexity index is 1490. The lowest BCUT2D eigenvalue weighted by Gasteiger charge is -2.31. The summed E-state index contributed by atoms with van der Waals surface area (Å²) in [4.78, 5) is 21.6. The summed E-state index contributed by atoms with van der Waals surface area (Å²) in [5.74, 6) is -1.22. The standard InChI is InChI=1S/C29H30F6N4O5/c1-4-21-15(2)11-17(39(21)27-36-12-19(26(40)41-3)25(37-27)28(30,31)32)13-42-14-20-23(38-44-24(20)16-9-10-16)18-7-5-6-8-22(18)43-29(33,34)35/h5-8,12,15-17,21H,4,9-11,13-14H2,1-3H3. The lowest BCUT2D eigenvalue weighted by atomic mass is 10.00. The lowest BCUT2D eigenvalue weighted by molar-refractivity contribution is -0.274. The van der Waals surface area contributed by atoms with Gasteiger partial charge in [-0.2, -0.15) is 13.2 Å². The number of ether oxygens (including phenoxy) is 3. The Hall–Kier alpha value is -3.88. The Labute approximate surface area is 248 Å². The highest BCUT2D eigenvalue weighted by Gasteiger charge is 2.43. The topological polar surface area (TPSA) is 99.8 Å². The number of carbonyl (C=O) groups is 1. The molecule has 1 aliphatic heterocycles. The molecule has 1 saturated heterocycles. The van der Waals surface area contributed by atoms with Gasteiger partial charge in [0.25, 0.3) is 0 Å². The predicted octanol–water partition coefficient (Wildman–Crippen LogP) is 6.92. The molecule has 5 rings (SSSR count). The lowest BCUT2D eigenvalue weighted by Crippen LogP contribution is -2.41. The number of hydrogen-bond acceptors (Lipinski definition) is 9. The summed E-state index contributed by atoms with van der Waals surface area (Å²) in [6.45, 7) is 3.84. The quantitative estimate of drug-likeness (QED) is 0.175. The summed E-state index contributed by atoms with van der Waals surface area (Å²) in [5, 5.41) is 4.07. The normalized spacial score (nSPS) is 20.7. The number of esters is 1. The number of hydrogen-bond donors (Lipinski definition) is 0. The highest BCUT2D eigenvalue weighted by Crippen LogP contribution is 2.46. The van der Waals surface area contributed by atoms with Gasteiger partial charge in [-0.05, 0) is 43.7 Å². The van der Waals surface area contributed by atoms with Crippen molar-refractivity contribution in [1.82, 2.24) is 15.1 Å². The van der Waals surface area contributed by atoms with Crippen LogP contribution in [0.4, 0.5) is 32.3 Å². The number of alkyl halides is 6. The van der Waals surface area contributed by atoms with E-state index in [-0.39, 0.29) is 48.3 Å². The Morgan fingerprint density at radius 3 is 2.50 bits per heavy atom. The monoisotopic (exact) mass is 628 g/mol. The Morgan fingerprint density at radius 1 is 1.14 bits per heavy atom. The van der Waals surface area contributed by atoms with Crippen LogP contribution in [0.25, 0.3) is 11.3 Å². The molecule has 0 bridgehead atoms. The predicted molar refractivity (Wildman–Crippen MR) is 143 cm³/mol. The fraction of sp³-hybridized carbons (Fsp3) is 0.517. The number of aromatic nitrogens is 3. The van der Waals surface area contributed by atoms with E-state index in [4.69, 9.17) is 9.26 Å². The molecule has 44 heavy (non-hydrogen) atoms. The number of rotatable bonds is 10. The zero-order chi connectivity index (χ0) is 31.8. The van der Waals surface area contributed by atoms with Crippen molar-refractivity contribution in [3.63, 3.8) is 0 Å². The van der Waals surface area contributed by atoms with Gasteiger partial charge in [-0.3, -0.25) is 0 Å². The molecule has 2 aromatic heterocycles. The molecule has 3 atom stereocenters. The Kier molecular flexibility index (Phi) is 8.78. The number of anilines is 1. The molecule has 238 valence electrons. The number of benzene rings is 1. The average Bonchev–Trinajstić information content (AvgIpc) is 3.64. The molecule has 9 nitrogen and oxygen atoms in total. The van der Waals surface area contributed by atoms with E-state index in [1.54, 1.807) is 11.0 Å². The molecule has 0 radical (unpaired) electrons. The van der Waals surface area contributed by atoms with Gasteiger partial charge in [-0.25, -0.2) is 14.8 Å². The van der Waals surface area contributed by atoms with Gasteiger partial charge >= 0.3 is 18.5 Å². The second kappa shape index (κ2) is 12.3. The van der Waals surface area contributed by atoms with E-state index in [0.717, 1.165) is 26.1 Å². The van der Waals surface area contributed by atoms with Crippen molar-refractivity contribution in [2.24, 2.45) is 5.92 Å². The molecule has 1 saturated carbocycles. The minimum absolute atomic E-state index is 0.0414. The van der Waals surface area contributed by atoms with Crippen molar-refractivity contribution in [1.29, 1.82) is 0 Å². The maximum atomic E-state index is 13.9. The summed E-state index contributed by atoms with van der Waals surface area (Å²) in [5.41, 5.74) is -1.47. The molecule has 0 amide bonds. The SMILES string of the molecule is CCC1C(C)CC(COCc2c(-c3ccccc3OC(F)(F)F)noc2C2CC2)N1c1ncc(C(=O)OC)c(C(F)(F)F)n1. The molecule has 1 aromatic carbocycles. The van der Waals surface area contributed by atoms with Crippen LogP contribution in [-0.4, -0.2) is 53.3 Å². The van der Waals surface area contributed by atoms with E-state index in [1.807, 2.05) is 13.8 Å². The summed E-state index contributed by atoms with van der Waals surface area (Å²) < 4.78 is 101. The van der Waals surface area contributed by atoms with Crippen molar-refractivity contribution in [2.75, 3.05) is 18.6 Å².